The van der Waals surface area contributed by atoms with Crippen molar-refractivity contribution in [1.82, 2.24) is 15.2 Å². The van der Waals surface area contributed by atoms with Crippen LogP contribution in [-0.4, -0.2) is 45.1 Å². The van der Waals surface area contributed by atoms with E-state index in [4.69, 9.17) is 9.73 Å². The molecule has 1 fully saturated rings. The maximum atomic E-state index is 13.6. The SMILES string of the molecule is Cc1cc(F)ccc1C1N=C(c2nccs2)N2CC(NC(=O)OC(C)(C)C)CC2=C1O. The lowest BCUT2D eigenvalue weighted by Gasteiger charge is -2.30. The molecule has 1 amide bonds. The number of hydrogen-bond donors (Lipinski definition) is 2. The molecule has 0 radical (unpaired) electrons. The van der Waals surface area contributed by atoms with Gasteiger partial charge in [0.1, 0.15) is 23.2 Å². The normalized spacial score (nSPS) is 21.1. The molecule has 0 spiro atoms. The van der Waals surface area contributed by atoms with Gasteiger partial charge < -0.3 is 20.1 Å². The first-order valence-corrected chi connectivity index (χ1v) is 10.9. The number of nitrogens with one attached hydrogen (secondary N) is 1. The van der Waals surface area contributed by atoms with Gasteiger partial charge >= 0.3 is 6.09 Å². The quantitative estimate of drug-likeness (QED) is 0.730. The van der Waals surface area contributed by atoms with Gasteiger partial charge in [-0.15, -0.1) is 11.3 Å². The Morgan fingerprint density at radius 1 is 1.39 bits per heavy atom. The molecule has 9 heteroatoms. The Hall–Kier alpha value is -2.94. The van der Waals surface area contributed by atoms with E-state index in [9.17, 15) is 14.3 Å². The lowest BCUT2D eigenvalue weighted by atomic mass is 9.97. The summed E-state index contributed by atoms with van der Waals surface area (Å²) in [5.74, 6) is 0.394. The second-order valence-corrected chi connectivity index (χ2v) is 9.58. The van der Waals surface area contributed by atoms with Crippen molar-refractivity contribution in [2.75, 3.05) is 6.54 Å². The Labute approximate surface area is 184 Å². The minimum absolute atomic E-state index is 0.100. The number of amides is 1. The lowest BCUT2D eigenvalue weighted by molar-refractivity contribution is 0.0507. The third-order valence-electron chi connectivity index (χ3n) is 5.10. The summed E-state index contributed by atoms with van der Waals surface area (Å²) in [7, 11) is 0. The number of amidine groups is 1. The van der Waals surface area contributed by atoms with Gasteiger partial charge in [-0.25, -0.2) is 19.2 Å². The van der Waals surface area contributed by atoms with E-state index >= 15 is 0 Å². The Morgan fingerprint density at radius 3 is 2.81 bits per heavy atom. The summed E-state index contributed by atoms with van der Waals surface area (Å²) in [6.07, 6.45) is 1.62. The van der Waals surface area contributed by atoms with E-state index in [0.717, 1.165) is 5.56 Å². The van der Waals surface area contributed by atoms with Crippen LogP contribution in [0.2, 0.25) is 0 Å². The molecule has 2 aliphatic rings. The van der Waals surface area contributed by atoms with Crippen LogP contribution in [0.5, 0.6) is 0 Å². The molecule has 2 unspecified atom stereocenters. The minimum Gasteiger partial charge on any atom is -0.508 e. The number of aryl methyl sites for hydroxylation is 1. The summed E-state index contributed by atoms with van der Waals surface area (Å²) >= 11 is 1.45. The number of aliphatic hydroxyl groups excluding tert-OH is 1. The van der Waals surface area contributed by atoms with E-state index in [-0.39, 0.29) is 17.6 Å². The van der Waals surface area contributed by atoms with E-state index in [1.54, 1.807) is 19.2 Å². The predicted molar refractivity (Wildman–Crippen MR) is 117 cm³/mol. The molecule has 164 valence electrons. The van der Waals surface area contributed by atoms with Gasteiger partial charge in [0.05, 0.1) is 11.7 Å². The standard InChI is InChI=1S/C22H25FN4O3S/c1-12-9-13(23)5-6-15(12)17-18(28)16-10-14(25-21(29)30-22(2,3)4)11-27(16)19(26-17)20-24-7-8-31-20/h5-9,14,17,28H,10-11H2,1-4H3,(H,25,29). The summed E-state index contributed by atoms with van der Waals surface area (Å²) in [4.78, 5) is 23.4. The molecule has 31 heavy (non-hydrogen) atoms. The van der Waals surface area contributed by atoms with Crippen molar-refractivity contribution >= 4 is 23.3 Å². The Morgan fingerprint density at radius 2 is 2.16 bits per heavy atom. The Balaban J connectivity index is 1.68. The fourth-order valence-electron chi connectivity index (χ4n) is 3.84. The molecule has 7 nitrogen and oxygen atoms in total. The van der Waals surface area contributed by atoms with Crippen molar-refractivity contribution in [3.8, 4) is 0 Å². The molecule has 2 atom stereocenters. The second-order valence-electron chi connectivity index (χ2n) is 8.68. The molecule has 0 aliphatic carbocycles. The van der Waals surface area contributed by atoms with Crippen LogP contribution in [-0.2, 0) is 4.74 Å². The highest BCUT2D eigenvalue weighted by molar-refractivity contribution is 7.11. The summed E-state index contributed by atoms with van der Waals surface area (Å²) < 4.78 is 19.0. The zero-order valence-corrected chi connectivity index (χ0v) is 18.7. The molecule has 1 aromatic carbocycles. The Kier molecular flexibility index (Phi) is 5.47. The maximum Gasteiger partial charge on any atom is 0.407 e. The van der Waals surface area contributed by atoms with Crippen molar-refractivity contribution in [2.45, 2.75) is 51.8 Å². The zero-order chi connectivity index (χ0) is 22.3. The molecule has 1 aromatic heterocycles. The molecule has 2 N–H and O–H groups in total. The highest BCUT2D eigenvalue weighted by Gasteiger charge is 2.40. The number of hydrogen-bond acceptors (Lipinski definition) is 7. The molecule has 0 saturated carbocycles. The highest BCUT2D eigenvalue weighted by atomic mass is 32.1. The van der Waals surface area contributed by atoms with Crippen LogP contribution in [0.15, 0.2) is 46.2 Å². The number of aliphatic imine (C=N–C) groups is 1. The van der Waals surface area contributed by atoms with Gasteiger partial charge in [-0.05, 0) is 51.0 Å². The first-order valence-electron chi connectivity index (χ1n) is 10.0. The summed E-state index contributed by atoms with van der Waals surface area (Å²) in [5, 5.41) is 16.6. The van der Waals surface area contributed by atoms with E-state index < -0.39 is 17.7 Å². The predicted octanol–water partition coefficient (Wildman–Crippen LogP) is 4.46. The number of alkyl carbamates (subject to hydrolysis) is 1. The number of benzene rings is 1. The molecular formula is C22H25FN4O3S. The third kappa shape index (κ3) is 4.41. The van der Waals surface area contributed by atoms with Gasteiger partial charge in [0.2, 0.25) is 0 Å². The maximum absolute atomic E-state index is 13.6. The number of aromatic nitrogens is 1. The van der Waals surface area contributed by atoms with Crippen molar-refractivity contribution < 1.29 is 19.0 Å². The van der Waals surface area contributed by atoms with Crippen molar-refractivity contribution in [3.63, 3.8) is 0 Å². The number of nitrogens with zero attached hydrogens (tertiary/aromatic N) is 3. The molecule has 0 bridgehead atoms. The van der Waals surface area contributed by atoms with Crippen LogP contribution in [0, 0.1) is 12.7 Å². The van der Waals surface area contributed by atoms with E-state index in [2.05, 4.69) is 10.3 Å². The summed E-state index contributed by atoms with van der Waals surface area (Å²) in [5.41, 5.74) is 1.50. The average Bonchev–Trinajstić information content (AvgIpc) is 3.31. The van der Waals surface area contributed by atoms with E-state index in [1.807, 2.05) is 31.1 Å². The number of rotatable bonds is 3. The van der Waals surface area contributed by atoms with E-state index in [0.29, 0.717) is 35.1 Å². The molecular weight excluding hydrogens is 419 g/mol. The number of halogens is 1. The topological polar surface area (TPSA) is 87.1 Å². The lowest BCUT2D eigenvalue weighted by Crippen LogP contribution is -2.41. The van der Waals surface area contributed by atoms with Gasteiger partial charge in [0.15, 0.2) is 10.8 Å². The first-order chi connectivity index (χ1) is 14.6. The third-order valence-corrected chi connectivity index (χ3v) is 5.87. The van der Waals surface area contributed by atoms with Crippen molar-refractivity contribution in [2.24, 2.45) is 4.99 Å². The minimum atomic E-state index is -0.661. The van der Waals surface area contributed by atoms with Gasteiger partial charge in [0, 0.05) is 24.5 Å². The number of thiazole rings is 1. The second kappa shape index (κ2) is 7.96. The number of aliphatic hydroxyl groups is 1. The van der Waals surface area contributed by atoms with Crippen LogP contribution < -0.4 is 5.32 Å². The Bertz CT molecular complexity index is 1060. The number of ether oxygens (including phenoxy) is 1. The smallest absolute Gasteiger partial charge is 0.407 e. The fourth-order valence-corrected chi connectivity index (χ4v) is 4.49. The van der Waals surface area contributed by atoms with E-state index in [1.165, 1.54) is 23.5 Å². The fraction of sp³-hybridized carbons (Fsp3) is 0.409. The van der Waals surface area contributed by atoms with Gasteiger partial charge in [-0.2, -0.15) is 0 Å². The number of carbonyl (C=O) groups is 1. The van der Waals surface area contributed by atoms with Crippen molar-refractivity contribution in [1.29, 1.82) is 0 Å². The highest BCUT2D eigenvalue weighted by Crippen LogP contribution is 2.39. The van der Waals surface area contributed by atoms with Gasteiger partial charge in [0.25, 0.3) is 0 Å². The average molecular weight is 445 g/mol. The van der Waals surface area contributed by atoms with Crippen LogP contribution >= 0.6 is 11.3 Å². The monoisotopic (exact) mass is 444 g/mol. The van der Waals surface area contributed by atoms with Crippen LogP contribution in [0.1, 0.15) is 49.4 Å². The largest absolute Gasteiger partial charge is 0.508 e. The first kappa shape index (κ1) is 21.3. The summed E-state index contributed by atoms with van der Waals surface area (Å²) in [6.45, 7) is 7.65. The molecule has 4 rings (SSSR count). The molecule has 3 heterocycles. The van der Waals surface area contributed by atoms with Crippen LogP contribution in [0.3, 0.4) is 0 Å². The van der Waals surface area contributed by atoms with Gasteiger partial charge in [-0.3, -0.25) is 0 Å². The van der Waals surface area contributed by atoms with Crippen LogP contribution in [0.4, 0.5) is 9.18 Å². The summed E-state index contributed by atoms with van der Waals surface area (Å²) in [6, 6.07) is 3.53. The molecule has 1 saturated heterocycles. The zero-order valence-electron chi connectivity index (χ0n) is 17.8. The van der Waals surface area contributed by atoms with Gasteiger partial charge in [-0.1, -0.05) is 6.07 Å². The number of fused-ring (bicyclic) bond motifs is 1. The number of carbonyl (C=O) groups excluding carboxylic acids is 1. The van der Waals surface area contributed by atoms with Crippen LogP contribution in [0.25, 0.3) is 0 Å². The van der Waals surface area contributed by atoms with Crippen molar-refractivity contribution in [3.05, 3.63) is 63.2 Å². The molecule has 2 aromatic rings. The molecule has 2 aliphatic heterocycles.